The zero-order chi connectivity index (χ0) is 21.6. The van der Waals surface area contributed by atoms with E-state index < -0.39 is 22.7 Å². The first-order valence-corrected chi connectivity index (χ1v) is 8.53. The molecule has 2 aromatic carbocycles. The van der Waals surface area contributed by atoms with Gasteiger partial charge in [0.1, 0.15) is 11.4 Å². The van der Waals surface area contributed by atoms with E-state index in [9.17, 15) is 19.7 Å². The molecule has 1 atom stereocenters. The molecule has 1 unspecified atom stereocenters. The van der Waals surface area contributed by atoms with E-state index in [0.29, 0.717) is 0 Å². The van der Waals surface area contributed by atoms with E-state index in [1.807, 2.05) is 0 Å². The topological polar surface area (TPSA) is 132 Å². The van der Waals surface area contributed by atoms with Crippen molar-refractivity contribution in [2.24, 2.45) is 10.2 Å². The molecular formula is C18H17ClN4O6. The number of amides is 1. The van der Waals surface area contributed by atoms with Gasteiger partial charge in [0.2, 0.25) is 6.04 Å². The number of azo groups is 1. The number of ketones is 1. The number of nitro benzene ring substituents is 1. The Kier molecular flexibility index (Phi) is 7.21. The maximum Gasteiger partial charge on any atom is 0.269 e. The molecule has 2 rings (SSSR count). The fraction of sp³-hybridized carbons (Fsp3) is 0.222. The lowest BCUT2D eigenvalue weighted by molar-refractivity contribution is -0.384. The Morgan fingerprint density at radius 3 is 2.31 bits per heavy atom. The number of nitrogens with one attached hydrogen (secondary N) is 1. The summed E-state index contributed by atoms with van der Waals surface area (Å²) in [6.07, 6.45) is 0. The van der Waals surface area contributed by atoms with Crippen LogP contribution in [0.15, 0.2) is 46.6 Å². The van der Waals surface area contributed by atoms with Gasteiger partial charge in [-0.1, -0.05) is 11.6 Å². The lowest BCUT2D eigenvalue weighted by atomic mass is 10.2. The van der Waals surface area contributed by atoms with Gasteiger partial charge in [0.15, 0.2) is 11.5 Å². The molecule has 0 spiro atoms. The molecule has 0 fully saturated rings. The predicted octanol–water partition coefficient (Wildman–Crippen LogP) is 3.95. The number of non-ortho nitro benzene ring substituents is 1. The highest BCUT2D eigenvalue weighted by Gasteiger charge is 2.26. The van der Waals surface area contributed by atoms with Crippen LogP contribution in [0.25, 0.3) is 0 Å². The summed E-state index contributed by atoms with van der Waals surface area (Å²) in [6, 6.07) is 6.77. The molecule has 0 saturated heterocycles. The van der Waals surface area contributed by atoms with Gasteiger partial charge < -0.3 is 14.8 Å². The van der Waals surface area contributed by atoms with Gasteiger partial charge in [0.05, 0.1) is 29.9 Å². The second-order valence-corrected chi connectivity index (χ2v) is 6.06. The third kappa shape index (κ3) is 5.26. The smallest absolute Gasteiger partial charge is 0.269 e. The lowest BCUT2D eigenvalue weighted by Crippen LogP contribution is -2.32. The Hall–Kier alpha value is -3.53. The molecule has 11 heteroatoms. The van der Waals surface area contributed by atoms with Crippen molar-refractivity contribution in [2.45, 2.75) is 13.0 Å². The number of anilines is 1. The highest BCUT2D eigenvalue weighted by atomic mass is 35.5. The number of hydrogen-bond donors (Lipinski definition) is 1. The minimum absolute atomic E-state index is 0.120. The molecule has 152 valence electrons. The molecule has 29 heavy (non-hydrogen) atoms. The van der Waals surface area contributed by atoms with Gasteiger partial charge in [-0.3, -0.25) is 19.7 Å². The number of hydrogen-bond acceptors (Lipinski definition) is 8. The molecule has 10 nitrogen and oxygen atoms in total. The van der Waals surface area contributed by atoms with E-state index >= 15 is 0 Å². The monoisotopic (exact) mass is 420 g/mol. The summed E-state index contributed by atoms with van der Waals surface area (Å²) >= 11 is 6.07. The van der Waals surface area contributed by atoms with E-state index in [2.05, 4.69) is 15.5 Å². The van der Waals surface area contributed by atoms with Crippen LogP contribution in [0, 0.1) is 10.1 Å². The van der Waals surface area contributed by atoms with Crippen molar-refractivity contribution in [3.63, 3.8) is 0 Å². The summed E-state index contributed by atoms with van der Waals surface area (Å²) in [5, 5.41) is 21.0. The summed E-state index contributed by atoms with van der Waals surface area (Å²) in [5.74, 6) is -0.904. The first kappa shape index (κ1) is 21.8. The number of carbonyl (C=O) groups is 2. The summed E-state index contributed by atoms with van der Waals surface area (Å²) in [4.78, 5) is 34.7. The third-order valence-electron chi connectivity index (χ3n) is 3.73. The zero-order valence-corrected chi connectivity index (χ0v) is 16.5. The normalized spacial score (nSPS) is 11.7. The van der Waals surface area contributed by atoms with E-state index in [1.54, 1.807) is 0 Å². The number of benzene rings is 2. The van der Waals surface area contributed by atoms with Crippen molar-refractivity contribution in [2.75, 3.05) is 19.5 Å². The van der Waals surface area contributed by atoms with Gasteiger partial charge in [0.25, 0.3) is 11.6 Å². The van der Waals surface area contributed by atoms with Crippen LogP contribution in [0.3, 0.4) is 0 Å². The van der Waals surface area contributed by atoms with Crippen LogP contribution in [0.5, 0.6) is 11.5 Å². The number of nitro groups is 1. The van der Waals surface area contributed by atoms with Crippen LogP contribution in [-0.2, 0) is 9.59 Å². The highest BCUT2D eigenvalue weighted by molar-refractivity contribution is 6.33. The van der Waals surface area contributed by atoms with Crippen LogP contribution in [0.4, 0.5) is 17.1 Å². The minimum Gasteiger partial charge on any atom is -0.494 e. The average Bonchev–Trinajstić information content (AvgIpc) is 2.68. The van der Waals surface area contributed by atoms with Gasteiger partial charge in [-0.15, -0.1) is 0 Å². The molecule has 0 aliphatic heterocycles. The van der Waals surface area contributed by atoms with E-state index in [1.165, 1.54) is 57.5 Å². The van der Waals surface area contributed by atoms with Crippen molar-refractivity contribution in [1.29, 1.82) is 0 Å². The van der Waals surface area contributed by atoms with Crippen molar-refractivity contribution < 1.29 is 24.0 Å². The number of halogens is 1. The fourth-order valence-electron chi connectivity index (χ4n) is 2.30. The number of ether oxygens (including phenoxy) is 2. The van der Waals surface area contributed by atoms with Crippen LogP contribution in [0.1, 0.15) is 6.92 Å². The molecule has 0 heterocycles. The van der Waals surface area contributed by atoms with Crippen molar-refractivity contribution in [1.82, 2.24) is 0 Å². The number of Topliss-reactive ketones (excluding diaryl/α,β-unsaturated/α-hetero) is 1. The van der Waals surface area contributed by atoms with Crippen LogP contribution in [-0.4, -0.2) is 36.9 Å². The average molecular weight is 421 g/mol. The summed E-state index contributed by atoms with van der Waals surface area (Å²) in [7, 11) is 2.77. The largest absolute Gasteiger partial charge is 0.494 e. The molecule has 0 aliphatic carbocycles. The lowest BCUT2D eigenvalue weighted by Gasteiger charge is -2.16. The first-order chi connectivity index (χ1) is 13.8. The molecule has 0 bridgehead atoms. The summed E-state index contributed by atoms with van der Waals surface area (Å²) in [6.45, 7) is 1.19. The van der Waals surface area contributed by atoms with Crippen molar-refractivity contribution in [3.8, 4) is 11.5 Å². The first-order valence-electron chi connectivity index (χ1n) is 8.15. The molecule has 2 aromatic rings. The molecule has 0 radical (unpaired) electrons. The Bertz CT molecular complexity index is 962. The van der Waals surface area contributed by atoms with E-state index in [0.717, 1.165) is 0 Å². The number of methoxy groups -OCH3 is 2. The van der Waals surface area contributed by atoms with Gasteiger partial charge in [-0.2, -0.15) is 10.2 Å². The Labute approximate surface area is 170 Å². The molecule has 1 N–H and O–H groups in total. The predicted molar refractivity (Wildman–Crippen MR) is 105 cm³/mol. The van der Waals surface area contributed by atoms with Gasteiger partial charge in [-0.05, 0) is 31.2 Å². The maximum absolute atomic E-state index is 12.6. The number of rotatable bonds is 8. The molecular weight excluding hydrogens is 404 g/mol. The van der Waals surface area contributed by atoms with Crippen LogP contribution in [0.2, 0.25) is 5.02 Å². The molecule has 0 aromatic heterocycles. The Morgan fingerprint density at radius 2 is 1.79 bits per heavy atom. The quantitative estimate of drug-likeness (QED) is 0.297. The van der Waals surface area contributed by atoms with Gasteiger partial charge >= 0.3 is 0 Å². The maximum atomic E-state index is 12.6. The minimum atomic E-state index is -1.46. The van der Waals surface area contributed by atoms with Crippen molar-refractivity contribution >= 4 is 40.4 Å². The third-order valence-corrected chi connectivity index (χ3v) is 4.02. The van der Waals surface area contributed by atoms with Crippen LogP contribution >= 0.6 is 11.6 Å². The van der Waals surface area contributed by atoms with Crippen molar-refractivity contribution in [3.05, 3.63) is 51.5 Å². The molecule has 1 amide bonds. The zero-order valence-electron chi connectivity index (χ0n) is 15.7. The standard InChI is InChI=1S/C18H17ClN4O6/c1-10(24)15(22-21-11-4-6-12(7-5-11)23(26)27)18(25)20-16-14(28-2)9-8-13(19)17(16)29-3/h4-9,15H,1-3H3,(H,20,25). The number of carbonyl (C=O) groups excluding carboxylic acids is 2. The Balaban J connectivity index is 2.28. The second-order valence-electron chi connectivity index (χ2n) is 5.65. The SMILES string of the molecule is COc1ccc(Cl)c(OC)c1NC(=O)C(N=Nc1ccc([N+](=O)[O-])cc1)C(C)=O. The highest BCUT2D eigenvalue weighted by Crippen LogP contribution is 2.40. The van der Waals surface area contributed by atoms with Gasteiger partial charge in [-0.25, -0.2) is 0 Å². The summed E-state index contributed by atoms with van der Waals surface area (Å²) < 4.78 is 10.4. The molecule has 0 aliphatic rings. The van der Waals surface area contributed by atoms with Gasteiger partial charge in [0, 0.05) is 12.1 Å². The Morgan fingerprint density at radius 1 is 1.14 bits per heavy atom. The number of nitrogens with zero attached hydrogens (tertiary/aromatic N) is 3. The van der Waals surface area contributed by atoms with E-state index in [4.69, 9.17) is 21.1 Å². The fourth-order valence-corrected chi connectivity index (χ4v) is 2.54. The van der Waals surface area contributed by atoms with Crippen LogP contribution < -0.4 is 14.8 Å². The summed E-state index contributed by atoms with van der Waals surface area (Å²) in [5.41, 5.74) is 0.266. The second kappa shape index (κ2) is 9.60. The molecule has 0 saturated carbocycles. The van der Waals surface area contributed by atoms with E-state index in [-0.39, 0.29) is 33.6 Å².